The Morgan fingerprint density at radius 1 is 1.15 bits per heavy atom. The largest absolute Gasteiger partial charge is 0.493 e. The summed E-state index contributed by atoms with van der Waals surface area (Å²) in [7, 11) is 3.34. The third-order valence-corrected chi connectivity index (χ3v) is 5.19. The van der Waals surface area contributed by atoms with E-state index in [0.29, 0.717) is 11.7 Å². The Morgan fingerprint density at radius 3 is 2.81 bits per heavy atom. The zero-order valence-corrected chi connectivity index (χ0v) is 16.1. The Hall–Kier alpha value is -2.67. The normalized spacial score (nSPS) is 18.0. The van der Waals surface area contributed by atoms with Crippen molar-refractivity contribution in [2.75, 3.05) is 27.3 Å². The number of fused-ring (bicyclic) bond motifs is 1. The second kappa shape index (κ2) is 7.52. The third-order valence-electron chi connectivity index (χ3n) is 5.19. The molecular weight excluding hydrogens is 342 g/mol. The van der Waals surface area contributed by atoms with Crippen LogP contribution in [0.15, 0.2) is 30.6 Å². The van der Waals surface area contributed by atoms with Crippen LogP contribution in [0, 0.1) is 6.92 Å². The van der Waals surface area contributed by atoms with Gasteiger partial charge in [-0.2, -0.15) is 10.1 Å². The van der Waals surface area contributed by atoms with E-state index in [1.807, 2.05) is 17.5 Å². The van der Waals surface area contributed by atoms with Gasteiger partial charge in [-0.3, -0.25) is 4.90 Å². The summed E-state index contributed by atoms with van der Waals surface area (Å²) < 4.78 is 12.7. The molecular formula is C20H25N5O2. The number of nitrogens with zero attached hydrogens (tertiary/aromatic N) is 5. The molecule has 1 saturated heterocycles. The number of aryl methyl sites for hydroxylation is 1. The fraction of sp³-hybridized carbons (Fsp3) is 0.450. The summed E-state index contributed by atoms with van der Waals surface area (Å²) in [6, 6.07) is 8.29. The van der Waals surface area contributed by atoms with Crippen LogP contribution in [0.4, 0.5) is 0 Å². The summed E-state index contributed by atoms with van der Waals surface area (Å²) in [5.41, 5.74) is 3.42. The predicted octanol–water partition coefficient (Wildman–Crippen LogP) is 2.83. The molecule has 1 atom stereocenters. The number of hydrogen-bond donors (Lipinski definition) is 0. The van der Waals surface area contributed by atoms with E-state index in [1.54, 1.807) is 20.5 Å². The van der Waals surface area contributed by atoms with Crippen LogP contribution in [0.25, 0.3) is 5.78 Å². The summed E-state index contributed by atoms with van der Waals surface area (Å²) in [5.74, 6) is 2.64. The van der Waals surface area contributed by atoms with Crippen molar-refractivity contribution in [3.63, 3.8) is 0 Å². The molecule has 1 unspecified atom stereocenters. The molecule has 0 amide bonds. The highest BCUT2D eigenvalue weighted by Gasteiger charge is 2.24. The number of piperidine rings is 1. The number of benzene rings is 1. The number of likely N-dealkylation sites (tertiary alicyclic amines) is 1. The molecule has 1 aliphatic rings. The first-order valence-corrected chi connectivity index (χ1v) is 9.28. The van der Waals surface area contributed by atoms with E-state index in [4.69, 9.17) is 9.47 Å². The van der Waals surface area contributed by atoms with Crippen molar-refractivity contribution in [2.45, 2.75) is 32.2 Å². The Labute approximate surface area is 158 Å². The third kappa shape index (κ3) is 3.60. The number of rotatable bonds is 5. The lowest BCUT2D eigenvalue weighted by molar-refractivity contribution is 0.197. The first-order chi connectivity index (χ1) is 13.2. The molecule has 2 aromatic heterocycles. The van der Waals surface area contributed by atoms with E-state index >= 15 is 0 Å². The number of aromatic nitrogens is 4. The minimum Gasteiger partial charge on any atom is -0.493 e. The molecule has 0 N–H and O–H groups in total. The smallest absolute Gasteiger partial charge is 0.252 e. The van der Waals surface area contributed by atoms with Gasteiger partial charge < -0.3 is 9.47 Å². The lowest BCUT2D eigenvalue weighted by Crippen LogP contribution is -2.34. The van der Waals surface area contributed by atoms with Gasteiger partial charge in [0.15, 0.2) is 11.5 Å². The molecule has 27 heavy (non-hydrogen) atoms. The summed E-state index contributed by atoms with van der Waals surface area (Å²) >= 11 is 0. The average Bonchev–Trinajstić information content (AvgIpc) is 3.15. The summed E-state index contributed by atoms with van der Waals surface area (Å²) in [4.78, 5) is 11.2. The fourth-order valence-corrected chi connectivity index (χ4v) is 3.93. The van der Waals surface area contributed by atoms with Crippen LogP contribution in [0.1, 0.15) is 35.7 Å². The van der Waals surface area contributed by atoms with Crippen molar-refractivity contribution < 1.29 is 9.47 Å². The maximum atomic E-state index is 5.44. The molecule has 7 nitrogen and oxygen atoms in total. The minimum absolute atomic E-state index is 0.421. The monoisotopic (exact) mass is 367 g/mol. The van der Waals surface area contributed by atoms with Crippen LogP contribution in [0.2, 0.25) is 0 Å². The lowest BCUT2D eigenvalue weighted by atomic mass is 9.93. The van der Waals surface area contributed by atoms with Crippen molar-refractivity contribution >= 4 is 5.78 Å². The molecule has 1 aromatic carbocycles. The Bertz CT molecular complexity index is 939. The van der Waals surface area contributed by atoms with Gasteiger partial charge in [0, 0.05) is 24.7 Å². The second-order valence-corrected chi connectivity index (χ2v) is 7.06. The minimum atomic E-state index is 0.421. The van der Waals surface area contributed by atoms with E-state index in [9.17, 15) is 0 Å². The average molecular weight is 367 g/mol. The van der Waals surface area contributed by atoms with Crippen molar-refractivity contribution in [3.8, 4) is 11.5 Å². The van der Waals surface area contributed by atoms with E-state index in [2.05, 4.69) is 38.2 Å². The van der Waals surface area contributed by atoms with Crippen LogP contribution in [0.3, 0.4) is 0 Å². The van der Waals surface area contributed by atoms with Crippen LogP contribution in [-0.4, -0.2) is 51.8 Å². The van der Waals surface area contributed by atoms with Crippen LogP contribution in [0.5, 0.6) is 11.5 Å². The van der Waals surface area contributed by atoms with Crippen molar-refractivity contribution in [3.05, 3.63) is 47.5 Å². The molecule has 0 bridgehead atoms. The molecule has 0 aliphatic carbocycles. The Morgan fingerprint density at radius 2 is 2.00 bits per heavy atom. The van der Waals surface area contributed by atoms with E-state index in [-0.39, 0.29) is 0 Å². The second-order valence-electron chi connectivity index (χ2n) is 7.06. The van der Waals surface area contributed by atoms with E-state index in [0.717, 1.165) is 49.7 Å². The van der Waals surface area contributed by atoms with Gasteiger partial charge in [0.2, 0.25) is 0 Å². The van der Waals surface area contributed by atoms with E-state index in [1.165, 1.54) is 11.3 Å². The molecule has 3 aromatic rings. The summed E-state index contributed by atoms with van der Waals surface area (Å²) in [6.07, 6.45) is 3.89. The van der Waals surface area contributed by atoms with Gasteiger partial charge in [-0.15, -0.1) is 0 Å². The van der Waals surface area contributed by atoms with Crippen molar-refractivity contribution in [2.24, 2.45) is 0 Å². The van der Waals surface area contributed by atoms with Gasteiger partial charge >= 0.3 is 0 Å². The topological polar surface area (TPSA) is 64.8 Å². The number of methoxy groups -OCH3 is 2. The van der Waals surface area contributed by atoms with Gasteiger partial charge in [-0.05, 0) is 50.1 Å². The quantitative estimate of drug-likeness (QED) is 0.691. The summed E-state index contributed by atoms with van der Waals surface area (Å²) in [6.45, 7) is 4.99. The Balaban J connectivity index is 1.54. The van der Waals surface area contributed by atoms with Crippen LogP contribution in [-0.2, 0) is 6.54 Å². The zero-order valence-electron chi connectivity index (χ0n) is 16.1. The molecule has 4 rings (SSSR count). The zero-order chi connectivity index (χ0) is 18.8. The molecule has 142 valence electrons. The van der Waals surface area contributed by atoms with Crippen LogP contribution >= 0.6 is 0 Å². The van der Waals surface area contributed by atoms with Crippen LogP contribution < -0.4 is 9.47 Å². The van der Waals surface area contributed by atoms with Gasteiger partial charge in [0.25, 0.3) is 5.78 Å². The Kier molecular flexibility index (Phi) is 4.94. The number of hydrogen-bond acceptors (Lipinski definition) is 6. The molecule has 0 saturated carbocycles. The molecule has 0 spiro atoms. The highest BCUT2D eigenvalue weighted by atomic mass is 16.5. The van der Waals surface area contributed by atoms with Gasteiger partial charge in [-0.25, -0.2) is 9.50 Å². The lowest BCUT2D eigenvalue weighted by Gasteiger charge is -2.33. The van der Waals surface area contributed by atoms with Crippen molar-refractivity contribution in [1.29, 1.82) is 0 Å². The summed E-state index contributed by atoms with van der Waals surface area (Å²) in [5, 5.41) is 4.38. The maximum Gasteiger partial charge on any atom is 0.252 e. The molecule has 1 fully saturated rings. The first kappa shape index (κ1) is 17.7. The molecule has 3 heterocycles. The van der Waals surface area contributed by atoms with Gasteiger partial charge in [0.05, 0.1) is 19.9 Å². The molecule has 1 aliphatic heterocycles. The number of ether oxygens (including phenoxy) is 2. The first-order valence-electron chi connectivity index (χ1n) is 9.28. The van der Waals surface area contributed by atoms with E-state index < -0.39 is 0 Å². The predicted molar refractivity (Wildman–Crippen MR) is 102 cm³/mol. The highest BCUT2D eigenvalue weighted by molar-refractivity contribution is 5.43. The fourth-order valence-electron chi connectivity index (χ4n) is 3.93. The SMILES string of the molecule is COc1ccc(CN2CCCC(c3cc(C)nc4ncnn34)C2)cc1OC. The highest BCUT2D eigenvalue weighted by Crippen LogP contribution is 2.31. The maximum absolute atomic E-state index is 5.44. The molecule has 0 radical (unpaired) electrons. The van der Waals surface area contributed by atoms with Gasteiger partial charge in [0.1, 0.15) is 6.33 Å². The van der Waals surface area contributed by atoms with Gasteiger partial charge in [-0.1, -0.05) is 6.07 Å². The van der Waals surface area contributed by atoms with Crippen molar-refractivity contribution in [1.82, 2.24) is 24.5 Å². The molecule has 7 heteroatoms. The standard InChI is InChI=1S/C20H25N5O2/c1-14-9-17(25-20(23-14)21-13-22-25)16-5-4-8-24(12-16)11-15-6-7-18(26-2)19(10-15)27-3/h6-7,9-10,13,16H,4-5,8,11-12H2,1-3H3.